The van der Waals surface area contributed by atoms with Crippen molar-refractivity contribution in [3.05, 3.63) is 23.8 Å². The summed E-state index contributed by atoms with van der Waals surface area (Å²) in [6.45, 7) is 1.90. The van der Waals surface area contributed by atoms with Gasteiger partial charge < -0.3 is 19.7 Å². The summed E-state index contributed by atoms with van der Waals surface area (Å²) in [7, 11) is 5.05. The van der Waals surface area contributed by atoms with Gasteiger partial charge in [-0.1, -0.05) is 6.07 Å². The van der Waals surface area contributed by atoms with Gasteiger partial charge in [0, 0.05) is 6.04 Å². The molecule has 0 saturated carbocycles. The lowest BCUT2D eigenvalue weighted by atomic mass is 10.0. The van der Waals surface area contributed by atoms with Gasteiger partial charge in [-0.05, 0) is 31.7 Å². The van der Waals surface area contributed by atoms with Gasteiger partial charge in [0.15, 0.2) is 11.5 Å². The van der Waals surface area contributed by atoms with Crippen molar-refractivity contribution < 1.29 is 19.7 Å². The molecule has 1 fully saturated rings. The van der Waals surface area contributed by atoms with Crippen LogP contribution in [-0.4, -0.2) is 54.6 Å². The molecule has 0 bridgehead atoms. The van der Waals surface area contributed by atoms with E-state index in [0.717, 1.165) is 5.56 Å². The summed E-state index contributed by atoms with van der Waals surface area (Å²) in [6, 6.07) is 5.20. The Morgan fingerprint density at radius 2 is 1.68 bits per heavy atom. The minimum atomic E-state index is -0.807. The second-order valence-electron chi connectivity index (χ2n) is 4.95. The number of benzene rings is 1. The summed E-state index contributed by atoms with van der Waals surface area (Å²) >= 11 is 0. The van der Waals surface area contributed by atoms with Crippen LogP contribution in [0, 0.1) is 0 Å². The Morgan fingerprint density at radius 3 is 2.16 bits per heavy atom. The molecule has 0 aliphatic carbocycles. The van der Waals surface area contributed by atoms with Crippen LogP contribution in [0.5, 0.6) is 11.5 Å². The minimum Gasteiger partial charge on any atom is -0.493 e. The van der Waals surface area contributed by atoms with Crippen LogP contribution in [0.25, 0.3) is 0 Å². The molecular weight excluding hydrogens is 246 g/mol. The fraction of sp³-hybridized carbons (Fsp3) is 0.571. The molecule has 19 heavy (non-hydrogen) atoms. The van der Waals surface area contributed by atoms with Crippen LogP contribution in [0.4, 0.5) is 0 Å². The second-order valence-corrected chi connectivity index (χ2v) is 4.95. The quantitative estimate of drug-likeness (QED) is 0.848. The van der Waals surface area contributed by atoms with Gasteiger partial charge in [-0.2, -0.15) is 0 Å². The van der Waals surface area contributed by atoms with E-state index in [0.29, 0.717) is 11.5 Å². The van der Waals surface area contributed by atoms with Gasteiger partial charge in [-0.3, -0.25) is 4.90 Å². The summed E-state index contributed by atoms with van der Waals surface area (Å²) in [6.07, 6.45) is -1.55. The van der Waals surface area contributed by atoms with Gasteiger partial charge in [0.2, 0.25) is 0 Å². The summed E-state index contributed by atoms with van der Waals surface area (Å²) < 4.78 is 10.5. The molecule has 0 spiro atoms. The smallest absolute Gasteiger partial charge is 0.161 e. The molecule has 106 valence electrons. The zero-order valence-corrected chi connectivity index (χ0v) is 11.7. The fourth-order valence-corrected chi connectivity index (χ4v) is 2.68. The molecule has 1 aliphatic heterocycles. The standard InChI is InChI=1S/C14H21NO4/c1-8-13(16)14(17)12(15(8)2)9-5-6-10(18-3)11(7-9)19-4/h5-8,12-14,16-17H,1-4H3/t8-,12+,13-,14-/m1/s1. The van der Waals surface area contributed by atoms with Crippen molar-refractivity contribution in [1.82, 2.24) is 4.90 Å². The number of hydrogen-bond acceptors (Lipinski definition) is 5. The Kier molecular flexibility index (Phi) is 3.99. The van der Waals surface area contributed by atoms with Crippen LogP contribution in [0.15, 0.2) is 18.2 Å². The number of aliphatic hydroxyl groups excluding tert-OH is 2. The predicted molar refractivity (Wildman–Crippen MR) is 71.5 cm³/mol. The van der Waals surface area contributed by atoms with E-state index in [1.165, 1.54) is 0 Å². The van der Waals surface area contributed by atoms with Gasteiger partial charge in [0.05, 0.1) is 26.4 Å². The van der Waals surface area contributed by atoms with Crippen LogP contribution >= 0.6 is 0 Å². The highest BCUT2D eigenvalue weighted by molar-refractivity contribution is 5.44. The van der Waals surface area contributed by atoms with Crippen LogP contribution in [0.2, 0.25) is 0 Å². The number of ether oxygens (including phenoxy) is 2. The average molecular weight is 267 g/mol. The third kappa shape index (κ3) is 2.29. The van der Waals surface area contributed by atoms with Crippen molar-refractivity contribution in [1.29, 1.82) is 0 Å². The van der Waals surface area contributed by atoms with E-state index in [2.05, 4.69) is 0 Å². The highest BCUT2D eigenvalue weighted by Gasteiger charge is 2.44. The first-order chi connectivity index (χ1) is 9.01. The molecule has 0 radical (unpaired) electrons. The minimum absolute atomic E-state index is 0.0897. The molecule has 5 nitrogen and oxygen atoms in total. The molecular formula is C14H21NO4. The molecule has 0 unspecified atom stereocenters. The first kappa shape index (κ1) is 14.1. The molecule has 2 rings (SSSR count). The molecule has 1 saturated heterocycles. The van der Waals surface area contributed by atoms with E-state index in [9.17, 15) is 10.2 Å². The number of likely N-dealkylation sites (N-methyl/N-ethyl adjacent to an activating group) is 1. The number of methoxy groups -OCH3 is 2. The van der Waals surface area contributed by atoms with E-state index in [1.54, 1.807) is 14.2 Å². The number of nitrogens with zero attached hydrogens (tertiary/aromatic N) is 1. The summed E-state index contributed by atoms with van der Waals surface area (Å²) in [5.74, 6) is 1.27. The first-order valence-electron chi connectivity index (χ1n) is 6.31. The van der Waals surface area contributed by atoms with Crippen molar-refractivity contribution in [2.24, 2.45) is 0 Å². The zero-order chi connectivity index (χ0) is 14.2. The largest absolute Gasteiger partial charge is 0.493 e. The van der Waals surface area contributed by atoms with Crippen molar-refractivity contribution in [2.45, 2.75) is 31.2 Å². The summed E-state index contributed by atoms with van der Waals surface area (Å²) in [4.78, 5) is 1.97. The normalized spacial score (nSPS) is 31.5. The average Bonchev–Trinajstić information content (AvgIpc) is 2.62. The number of hydrogen-bond donors (Lipinski definition) is 2. The monoisotopic (exact) mass is 267 g/mol. The molecule has 0 amide bonds. The van der Waals surface area contributed by atoms with Gasteiger partial charge in [-0.15, -0.1) is 0 Å². The lowest BCUT2D eigenvalue weighted by Crippen LogP contribution is -2.30. The summed E-state index contributed by atoms with van der Waals surface area (Å²) in [5.41, 5.74) is 0.899. The number of aliphatic hydroxyl groups is 2. The second kappa shape index (κ2) is 5.36. The highest BCUT2D eigenvalue weighted by atomic mass is 16.5. The van der Waals surface area contributed by atoms with E-state index in [1.807, 2.05) is 37.1 Å². The Labute approximate surface area is 113 Å². The molecule has 1 aliphatic rings. The molecule has 0 aromatic heterocycles. The number of rotatable bonds is 3. The van der Waals surface area contributed by atoms with Gasteiger partial charge in [-0.25, -0.2) is 0 Å². The van der Waals surface area contributed by atoms with E-state index in [-0.39, 0.29) is 12.1 Å². The maximum Gasteiger partial charge on any atom is 0.161 e. The Bertz CT molecular complexity index is 437. The Morgan fingerprint density at radius 1 is 1.05 bits per heavy atom. The van der Waals surface area contributed by atoms with E-state index < -0.39 is 12.2 Å². The zero-order valence-electron chi connectivity index (χ0n) is 11.7. The van der Waals surface area contributed by atoms with Crippen molar-refractivity contribution >= 4 is 0 Å². The van der Waals surface area contributed by atoms with Gasteiger partial charge in [0.25, 0.3) is 0 Å². The Balaban J connectivity index is 2.37. The van der Waals surface area contributed by atoms with Crippen molar-refractivity contribution in [3.63, 3.8) is 0 Å². The van der Waals surface area contributed by atoms with Gasteiger partial charge in [0.1, 0.15) is 6.10 Å². The van der Waals surface area contributed by atoms with Crippen molar-refractivity contribution in [2.75, 3.05) is 21.3 Å². The van der Waals surface area contributed by atoms with Gasteiger partial charge >= 0.3 is 0 Å². The van der Waals surface area contributed by atoms with Crippen LogP contribution in [0.3, 0.4) is 0 Å². The predicted octanol–water partition coefficient (Wildman–Crippen LogP) is 0.801. The van der Waals surface area contributed by atoms with Crippen LogP contribution in [0.1, 0.15) is 18.5 Å². The summed E-state index contributed by atoms with van der Waals surface area (Å²) in [5, 5.41) is 20.1. The third-order valence-electron chi connectivity index (χ3n) is 4.00. The molecule has 2 N–H and O–H groups in total. The lowest BCUT2D eigenvalue weighted by molar-refractivity contribution is 0.0300. The molecule has 1 heterocycles. The maximum atomic E-state index is 10.2. The third-order valence-corrected chi connectivity index (χ3v) is 4.00. The van der Waals surface area contributed by atoms with E-state index >= 15 is 0 Å². The maximum absolute atomic E-state index is 10.2. The van der Waals surface area contributed by atoms with Crippen LogP contribution < -0.4 is 9.47 Å². The molecule has 4 atom stereocenters. The number of likely N-dealkylation sites (tertiary alicyclic amines) is 1. The van der Waals surface area contributed by atoms with Crippen LogP contribution in [-0.2, 0) is 0 Å². The SMILES string of the molecule is COc1ccc([C@H]2[C@@H](O)[C@H](O)[C@@H](C)N2C)cc1OC. The first-order valence-corrected chi connectivity index (χ1v) is 6.31. The van der Waals surface area contributed by atoms with E-state index in [4.69, 9.17) is 9.47 Å². The lowest BCUT2D eigenvalue weighted by Gasteiger charge is -2.25. The molecule has 1 aromatic rings. The Hall–Kier alpha value is -1.30. The van der Waals surface area contributed by atoms with Crippen molar-refractivity contribution in [3.8, 4) is 11.5 Å². The fourth-order valence-electron chi connectivity index (χ4n) is 2.68. The highest BCUT2D eigenvalue weighted by Crippen LogP contribution is 2.38. The topological polar surface area (TPSA) is 62.2 Å². The molecule has 1 aromatic carbocycles. The molecule has 5 heteroatoms.